The number of amides is 1. The van der Waals surface area contributed by atoms with Crippen molar-refractivity contribution >= 4 is 51.9 Å². The van der Waals surface area contributed by atoms with E-state index in [9.17, 15) is 4.79 Å². The predicted molar refractivity (Wildman–Crippen MR) is 179 cm³/mol. The van der Waals surface area contributed by atoms with Crippen molar-refractivity contribution < 1.29 is 14.3 Å². The number of ether oxygens (including phenoxy) is 2. The second-order valence-corrected chi connectivity index (χ2v) is 11.6. The summed E-state index contributed by atoms with van der Waals surface area (Å²) in [6.45, 7) is 1.23. The standard InChI is InChI=1S/C34H35N7O3S/c1-43-26-18-25(19-27(21-26)44-2)37-33-34(39-30-11-4-3-10-29(30)38-33)40-45-28-9-7-8-24(20-28)36-32(42)22-41-17-6-5-12-31(41)23-13-15-35-16-14-23/h3-4,7-11,13-16,18-21,31H,5-6,12,17,22H2,1-2H3,(H,36,42)(H,37,38)(H,39,40). The first-order valence-electron chi connectivity index (χ1n) is 14.8. The Morgan fingerprint density at radius 2 is 1.60 bits per heavy atom. The number of likely N-dealkylation sites (tertiary alicyclic amines) is 1. The predicted octanol–water partition coefficient (Wildman–Crippen LogP) is 7.07. The van der Waals surface area contributed by atoms with Crippen LogP contribution in [0.15, 0.2) is 96.2 Å². The fourth-order valence-corrected chi connectivity index (χ4v) is 6.14. The van der Waals surface area contributed by atoms with E-state index in [1.54, 1.807) is 14.2 Å². The Balaban J connectivity index is 1.15. The Kier molecular flexibility index (Phi) is 9.57. The molecule has 0 aliphatic carbocycles. The summed E-state index contributed by atoms with van der Waals surface area (Å²) in [5.74, 6) is 2.38. The summed E-state index contributed by atoms with van der Waals surface area (Å²) in [6, 6.07) is 25.3. The molecule has 1 saturated heterocycles. The Morgan fingerprint density at radius 3 is 2.33 bits per heavy atom. The van der Waals surface area contributed by atoms with Crippen LogP contribution in [0.1, 0.15) is 30.9 Å². The Hall–Kier alpha value is -4.87. The highest BCUT2D eigenvalue weighted by atomic mass is 32.2. The zero-order valence-electron chi connectivity index (χ0n) is 25.2. The topological polar surface area (TPSA) is 114 Å². The van der Waals surface area contributed by atoms with Gasteiger partial charge in [-0.15, -0.1) is 0 Å². The molecule has 5 aromatic rings. The number of pyridine rings is 1. The van der Waals surface area contributed by atoms with Crippen molar-refractivity contribution in [3.8, 4) is 11.5 Å². The summed E-state index contributed by atoms with van der Waals surface area (Å²) >= 11 is 1.39. The number of rotatable bonds is 11. The average Bonchev–Trinajstić information content (AvgIpc) is 3.08. The number of hydrogen-bond acceptors (Lipinski definition) is 10. The van der Waals surface area contributed by atoms with Crippen LogP contribution in [-0.2, 0) is 4.79 Å². The average molecular weight is 622 g/mol. The molecule has 1 unspecified atom stereocenters. The third-order valence-corrected chi connectivity index (χ3v) is 8.40. The third kappa shape index (κ3) is 7.62. The van der Waals surface area contributed by atoms with Crippen LogP contribution in [0.5, 0.6) is 11.5 Å². The quantitative estimate of drug-likeness (QED) is 0.132. The zero-order chi connectivity index (χ0) is 31.0. The molecule has 3 heterocycles. The van der Waals surface area contributed by atoms with Gasteiger partial charge < -0.3 is 24.8 Å². The van der Waals surface area contributed by atoms with E-state index in [-0.39, 0.29) is 11.9 Å². The molecule has 1 amide bonds. The summed E-state index contributed by atoms with van der Waals surface area (Å²) in [5, 5.41) is 6.46. The van der Waals surface area contributed by atoms with E-state index < -0.39 is 0 Å². The molecule has 1 aliphatic heterocycles. The summed E-state index contributed by atoms with van der Waals surface area (Å²) in [6.07, 6.45) is 6.92. The minimum Gasteiger partial charge on any atom is -0.497 e. The third-order valence-electron chi connectivity index (χ3n) is 7.62. The maximum Gasteiger partial charge on any atom is 0.238 e. The number of nitrogens with one attached hydrogen (secondary N) is 3. The lowest BCUT2D eigenvalue weighted by atomic mass is 9.96. The van der Waals surface area contributed by atoms with Crippen LogP contribution in [-0.4, -0.2) is 53.1 Å². The van der Waals surface area contributed by atoms with Crippen LogP contribution in [0.3, 0.4) is 0 Å². The van der Waals surface area contributed by atoms with E-state index in [1.165, 1.54) is 17.5 Å². The highest BCUT2D eigenvalue weighted by Crippen LogP contribution is 2.33. The highest BCUT2D eigenvalue weighted by molar-refractivity contribution is 8.00. The van der Waals surface area contributed by atoms with Crippen LogP contribution in [0.25, 0.3) is 11.0 Å². The minimum atomic E-state index is -0.0355. The smallest absolute Gasteiger partial charge is 0.238 e. The second-order valence-electron chi connectivity index (χ2n) is 10.7. The van der Waals surface area contributed by atoms with E-state index in [0.717, 1.165) is 53.1 Å². The first-order chi connectivity index (χ1) is 22.1. The van der Waals surface area contributed by atoms with Crippen molar-refractivity contribution in [2.75, 3.05) is 42.7 Å². The molecule has 0 radical (unpaired) electrons. The van der Waals surface area contributed by atoms with Crippen LogP contribution in [0.4, 0.5) is 23.0 Å². The lowest BCUT2D eigenvalue weighted by Gasteiger charge is -2.35. The molecule has 0 bridgehead atoms. The lowest BCUT2D eigenvalue weighted by molar-refractivity contribution is -0.118. The van der Waals surface area contributed by atoms with Gasteiger partial charge in [-0.2, -0.15) is 0 Å². The van der Waals surface area contributed by atoms with Gasteiger partial charge in [-0.3, -0.25) is 14.7 Å². The molecule has 3 aromatic carbocycles. The summed E-state index contributed by atoms with van der Waals surface area (Å²) in [5.41, 5.74) is 4.20. The first-order valence-corrected chi connectivity index (χ1v) is 15.6. The summed E-state index contributed by atoms with van der Waals surface area (Å²) in [4.78, 5) is 30.1. The number of para-hydroxylation sites is 2. The number of fused-ring (bicyclic) bond motifs is 1. The molecule has 1 atom stereocenters. The molecule has 2 aromatic heterocycles. The fraction of sp³-hybridized carbons (Fsp3) is 0.235. The first kappa shape index (κ1) is 30.2. The monoisotopic (exact) mass is 621 g/mol. The largest absolute Gasteiger partial charge is 0.497 e. The number of carbonyl (C=O) groups is 1. The zero-order valence-corrected chi connectivity index (χ0v) is 26.0. The molecule has 0 spiro atoms. The number of hydrogen-bond donors (Lipinski definition) is 3. The second kappa shape index (κ2) is 14.3. The van der Waals surface area contributed by atoms with Crippen molar-refractivity contribution in [1.29, 1.82) is 0 Å². The Bertz CT molecular complexity index is 1750. The summed E-state index contributed by atoms with van der Waals surface area (Å²) in [7, 11) is 3.23. The van der Waals surface area contributed by atoms with Gasteiger partial charge in [0.15, 0.2) is 11.6 Å². The molecule has 1 aliphatic rings. The number of aromatic nitrogens is 3. The van der Waals surface area contributed by atoms with Gasteiger partial charge in [0.05, 0.1) is 31.8 Å². The normalized spacial score (nSPS) is 14.9. The van der Waals surface area contributed by atoms with E-state index >= 15 is 0 Å². The molecule has 0 saturated carbocycles. The van der Waals surface area contributed by atoms with Gasteiger partial charge >= 0.3 is 0 Å². The Morgan fingerprint density at radius 1 is 0.867 bits per heavy atom. The molecular weight excluding hydrogens is 586 g/mol. The molecule has 6 rings (SSSR count). The maximum absolute atomic E-state index is 13.2. The number of methoxy groups -OCH3 is 2. The number of piperidine rings is 1. The molecular formula is C34H35N7O3S. The van der Waals surface area contributed by atoms with Crippen molar-refractivity contribution in [2.24, 2.45) is 0 Å². The van der Waals surface area contributed by atoms with Crippen LogP contribution >= 0.6 is 11.9 Å². The molecule has 3 N–H and O–H groups in total. The van der Waals surface area contributed by atoms with Crippen LogP contribution < -0.4 is 24.8 Å². The SMILES string of the molecule is COc1cc(Nc2nc3ccccc3nc2NSc2cccc(NC(=O)CN3CCCCC3c3ccncc3)c2)cc(OC)c1. The number of carbonyl (C=O) groups excluding carboxylic acids is 1. The molecule has 10 nitrogen and oxygen atoms in total. The van der Waals surface area contributed by atoms with E-state index in [2.05, 4.69) is 25.2 Å². The van der Waals surface area contributed by atoms with E-state index in [0.29, 0.717) is 29.7 Å². The number of anilines is 4. The van der Waals surface area contributed by atoms with Gasteiger partial charge in [0.2, 0.25) is 5.91 Å². The number of benzene rings is 3. The van der Waals surface area contributed by atoms with E-state index in [4.69, 9.17) is 19.4 Å². The fourth-order valence-electron chi connectivity index (χ4n) is 5.45. The molecule has 1 fully saturated rings. The van der Waals surface area contributed by atoms with Gasteiger partial charge in [-0.25, -0.2) is 9.97 Å². The highest BCUT2D eigenvalue weighted by Gasteiger charge is 2.25. The van der Waals surface area contributed by atoms with Crippen molar-refractivity contribution in [3.63, 3.8) is 0 Å². The van der Waals surface area contributed by atoms with Gasteiger partial charge in [0.1, 0.15) is 11.5 Å². The van der Waals surface area contributed by atoms with Crippen molar-refractivity contribution in [1.82, 2.24) is 19.9 Å². The lowest BCUT2D eigenvalue weighted by Crippen LogP contribution is -2.39. The Labute approximate surface area is 266 Å². The van der Waals surface area contributed by atoms with Crippen LogP contribution in [0, 0.1) is 0 Å². The van der Waals surface area contributed by atoms with Gasteiger partial charge in [-0.1, -0.05) is 24.6 Å². The van der Waals surface area contributed by atoms with Gasteiger partial charge in [0.25, 0.3) is 0 Å². The molecule has 230 valence electrons. The molecule has 45 heavy (non-hydrogen) atoms. The summed E-state index contributed by atoms with van der Waals surface area (Å²) < 4.78 is 14.2. The maximum atomic E-state index is 13.2. The van der Waals surface area contributed by atoms with Gasteiger partial charge in [-0.05, 0) is 79.4 Å². The van der Waals surface area contributed by atoms with Crippen molar-refractivity contribution in [3.05, 3.63) is 96.8 Å². The number of nitrogens with zero attached hydrogens (tertiary/aromatic N) is 4. The van der Waals surface area contributed by atoms with Gasteiger partial charge in [0, 0.05) is 52.9 Å². The minimum absolute atomic E-state index is 0.0355. The van der Waals surface area contributed by atoms with Crippen molar-refractivity contribution in [2.45, 2.75) is 30.2 Å². The molecule has 11 heteroatoms. The van der Waals surface area contributed by atoms with Crippen LogP contribution in [0.2, 0.25) is 0 Å². The van der Waals surface area contributed by atoms with E-state index in [1.807, 2.05) is 91.3 Å².